The van der Waals surface area contributed by atoms with E-state index in [0.717, 1.165) is 0 Å². The summed E-state index contributed by atoms with van der Waals surface area (Å²) in [6, 6.07) is 0. The third-order valence-electron chi connectivity index (χ3n) is 5.62. The molecule has 0 radical (unpaired) electrons. The molecule has 0 saturated heterocycles. The summed E-state index contributed by atoms with van der Waals surface area (Å²) >= 11 is 0. The Kier molecular flexibility index (Phi) is 13.0. The van der Waals surface area contributed by atoms with E-state index >= 15 is 0 Å². The van der Waals surface area contributed by atoms with E-state index in [9.17, 15) is 79.2 Å². The second kappa shape index (κ2) is 13.4. The zero-order valence-corrected chi connectivity index (χ0v) is 20.8. The molecular weight excluding hydrogens is 630 g/mol. The molecule has 21 heteroatoms. The lowest BCUT2D eigenvalue weighted by Crippen LogP contribution is -2.74. The van der Waals surface area contributed by atoms with Gasteiger partial charge in [0.25, 0.3) is 0 Å². The smallest absolute Gasteiger partial charge is 0.200 e. The normalized spacial score (nSPS) is 15.5. The van der Waals surface area contributed by atoms with E-state index in [1.54, 1.807) is 0 Å². The maximum absolute atomic E-state index is 13.8. The van der Waals surface area contributed by atoms with Crippen molar-refractivity contribution in [2.24, 2.45) is 0 Å². The number of rotatable bonds is 19. The highest BCUT2D eigenvalue weighted by molar-refractivity contribution is 7.32. The van der Waals surface area contributed by atoms with Gasteiger partial charge < -0.3 is 0 Å². The van der Waals surface area contributed by atoms with E-state index in [1.165, 1.54) is 0 Å². The molecule has 0 saturated carbocycles. The molecule has 0 aliphatic rings. The van der Waals surface area contributed by atoms with Gasteiger partial charge in [-0.3, -0.25) is 0 Å². The fraction of sp³-hybridized carbons (Fsp3) is 1.00. The van der Waals surface area contributed by atoms with Gasteiger partial charge in [-0.2, -0.15) is 74.6 Å². The lowest BCUT2D eigenvalue weighted by molar-refractivity contribution is -0.461. The van der Waals surface area contributed by atoms with Crippen molar-refractivity contribution in [3.63, 3.8) is 0 Å². The van der Waals surface area contributed by atoms with Crippen LogP contribution in [0.2, 0.25) is 0 Å². The van der Waals surface area contributed by atoms with Crippen LogP contribution in [0.5, 0.6) is 0 Å². The van der Waals surface area contributed by atoms with E-state index in [4.69, 9.17) is 4.89 Å². The zero-order chi connectivity index (χ0) is 32.1. The first kappa shape index (κ1) is 38.8. The fourth-order valence-electron chi connectivity index (χ4n) is 3.18. The first-order valence-corrected chi connectivity index (χ1v) is 12.3. The van der Waals surface area contributed by atoms with Crippen LogP contribution in [-0.4, -0.2) is 59.1 Å². The molecule has 0 aliphatic heterocycles. The van der Waals surface area contributed by atoms with Crippen molar-refractivity contribution in [3.8, 4) is 0 Å². The van der Waals surface area contributed by atoms with Gasteiger partial charge in [-0.05, 0) is 12.8 Å². The monoisotopic (exact) mass is 653 g/mol. The Labute approximate surface area is 216 Å². The van der Waals surface area contributed by atoms with Crippen LogP contribution in [0, 0.1) is 0 Å². The second-order valence-electron chi connectivity index (χ2n) is 8.65. The number of alkyl halides is 17. The summed E-state index contributed by atoms with van der Waals surface area (Å²) in [7, 11) is -2.74. The lowest BCUT2D eigenvalue weighted by atomic mass is 9.87. The van der Waals surface area contributed by atoms with Crippen molar-refractivity contribution in [2.75, 3.05) is 6.61 Å². The molecular formula is C19H23F17O3P+. The minimum Gasteiger partial charge on any atom is -0.200 e. The van der Waals surface area contributed by atoms with E-state index in [2.05, 4.69) is 4.52 Å². The van der Waals surface area contributed by atoms with Crippen LogP contribution in [0.25, 0.3) is 0 Å². The maximum atomic E-state index is 13.8. The first-order valence-electron chi connectivity index (χ1n) is 11.2. The molecule has 1 atom stereocenters. The van der Waals surface area contributed by atoms with Gasteiger partial charge in [0, 0.05) is 11.0 Å². The van der Waals surface area contributed by atoms with Crippen molar-refractivity contribution < 1.29 is 88.6 Å². The molecule has 0 aliphatic carbocycles. The summed E-state index contributed by atoms with van der Waals surface area (Å²) < 4.78 is 239. The fourth-order valence-corrected chi connectivity index (χ4v) is 3.47. The molecule has 0 amide bonds. The predicted molar refractivity (Wildman–Crippen MR) is 103 cm³/mol. The van der Waals surface area contributed by atoms with Gasteiger partial charge in [-0.25, -0.2) is 0 Å². The molecule has 0 bridgehead atoms. The molecule has 1 N–H and O–H groups in total. The second-order valence-corrected chi connectivity index (χ2v) is 9.39. The number of unbranched alkanes of at least 4 members (excludes halogenated alkanes) is 8. The van der Waals surface area contributed by atoms with Crippen LogP contribution in [0.1, 0.15) is 64.2 Å². The van der Waals surface area contributed by atoms with Gasteiger partial charge in [0.2, 0.25) is 0 Å². The highest BCUT2D eigenvalue weighted by Gasteiger charge is 2.95. The lowest BCUT2D eigenvalue weighted by Gasteiger charge is -2.42. The van der Waals surface area contributed by atoms with Crippen molar-refractivity contribution in [3.05, 3.63) is 0 Å². The van der Waals surface area contributed by atoms with Crippen LogP contribution in [-0.2, 0) is 9.09 Å². The summed E-state index contributed by atoms with van der Waals surface area (Å²) in [5.74, 6) is -56.0. The minimum atomic E-state index is -8.60. The van der Waals surface area contributed by atoms with E-state index < -0.39 is 75.2 Å². The molecule has 0 aromatic rings. The zero-order valence-electron chi connectivity index (χ0n) is 19.9. The number of hydrogen-bond acceptors (Lipinski definition) is 2. The molecule has 240 valence electrons. The summed E-state index contributed by atoms with van der Waals surface area (Å²) in [4.78, 5) is 8.39. The van der Waals surface area contributed by atoms with Crippen LogP contribution >= 0.6 is 8.25 Å². The SMILES string of the molecule is O=[P+](O)OCCCCCCCCCCCC(F)(F)C(F)(F)C(F)(F)C(F)(F)C(F)(F)C(F)(F)C(F)(F)C(F)(F)F. The third kappa shape index (κ3) is 7.81. The molecule has 0 spiro atoms. The molecule has 0 fully saturated rings. The Morgan fingerprint density at radius 3 is 1.10 bits per heavy atom. The highest BCUT2D eigenvalue weighted by atomic mass is 31.1. The number of hydrogen-bond donors (Lipinski definition) is 1. The van der Waals surface area contributed by atoms with Gasteiger partial charge in [0.05, 0.1) is 0 Å². The molecule has 0 heterocycles. The van der Waals surface area contributed by atoms with Crippen LogP contribution in [0.15, 0.2) is 0 Å². The highest BCUT2D eigenvalue weighted by Crippen LogP contribution is 2.64. The molecule has 40 heavy (non-hydrogen) atoms. The topological polar surface area (TPSA) is 46.5 Å². The average Bonchev–Trinajstić information content (AvgIpc) is 2.77. The van der Waals surface area contributed by atoms with Crippen molar-refractivity contribution in [1.82, 2.24) is 0 Å². The first-order chi connectivity index (χ1) is 17.7. The quantitative estimate of drug-likeness (QED) is 0.0859. The number of halogens is 17. The Balaban J connectivity index is 5.26. The summed E-state index contributed by atoms with van der Waals surface area (Å²) in [5, 5.41) is 0. The van der Waals surface area contributed by atoms with Gasteiger partial charge >= 0.3 is 55.9 Å². The predicted octanol–water partition coefficient (Wildman–Crippen LogP) is 9.56. The van der Waals surface area contributed by atoms with Crippen LogP contribution in [0.3, 0.4) is 0 Å². The molecule has 0 rings (SSSR count). The minimum absolute atomic E-state index is 0.000872. The van der Waals surface area contributed by atoms with Crippen LogP contribution < -0.4 is 0 Å². The standard InChI is InChI=1S/C19H22F17O3P/c20-12(21,10-8-6-4-2-1-3-5-7-9-11-39-40(37)38)13(22,23)14(24,25)15(26,27)16(28,29)17(30,31)18(32,33)19(34,35)36/h1-11H2/p+1. The van der Waals surface area contributed by atoms with Crippen molar-refractivity contribution >= 4 is 8.25 Å². The van der Waals surface area contributed by atoms with E-state index in [1.807, 2.05) is 0 Å². The Bertz CT molecular complexity index is 814. The van der Waals surface area contributed by atoms with E-state index in [-0.39, 0.29) is 19.4 Å². The Morgan fingerprint density at radius 2 is 0.750 bits per heavy atom. The molecule has 1 unspecified atom stereocenters. The van der Waals surface area contributed by atoms with Gasteiger partial charge in [-0.15, -0.1) is 9.42 Å². The molecule has 0 aromatic carbocycles. The van der Waals surface area contributed by atoms with E-state index in [0.29, 0.717) is 32.1 Å². The third-order valence-corrected chi connectivity index (χ3v) is 6.03. The average molecular weight is 653 g/mol. The van der Waals surface area contributed by atoms with Crippen molar-refractivity contribution in [1.29, 1.82) is 0 Å². The Morgan fingerprint density at radius 1 is 0.450 bits per heavy atom. The molecule has 3 nitrogen and oxygen atoms in total. The maximum Gasteiger partial charge on any atom is 0.694 e. The largest absolute Gasteiger partial charge is 0.694 e. The van der Waals surface area contributed by atoms with Gasteiger partial charge in [-0.1, -0.05) is 44.9 Å². The Hall–Kier alpha value is -1.17. The van der Waals surface area contributed by atoms with Crippen molar-refractivity contribution in [2.45, 2.75) is 112 Å². The summed E-state index contributed by atoms with van der Waals surface area (Å²) in [5.41, 5.74) is 0. The summed E-state index contributed by atoms with van der Waals surface area (Å²) in [6.07, 6.45) is -8.83. The molecule has 0 aromatic heterocycles. The van der Waals surface area contributed by atoms with Crippen LogP contribution in [0.4, 0.5) is 74.6 Å². The summed E-state index contributed by atoms with van der Waals surface area (Å²) in [6.45, 7) is 0.00956. The van der Waals surface area contributed by atoms with Gasteiger partial charge in [0.1, 0.15) is 6.61 Å². The van der Waals surface area contributed by atoms with Gasteiger partial charge in [0.15, 0.2) is 0 Å².